The minimum Gasteiger partial charge on any atom is -0.300 e. The predicted molar refractivity (Wildman–Crippen MR) is 52.1 cm³/mol. The summed E-state index contributed by atoms with van der Waals surface area (Å²) in [5.74, 6) is 0.691. The molecular formula is C11H18N2. The predicted octanol–water partition coefficient (Wildman–Crippen LogP) is 2.16. The fourth-order valence-electron chi connectivity index (χ4n) is 3.02. The Hall–Kier alpha value is -0.550. The molecule has 2 heterocycles. The second-order valence-corrected chi connectivity index (χ2v) is 4.60. The maximum atomic E-state index is 8.68. The summed E-state index contributed by atoms with van der Waals surface area (Å²) in [4.78, 5) is 2.55. The third kappa shape index (κ3) is 1.71. The molecule has 2 rings (SSSR count). The van der Waals surface area contributed by atoms with Crippen molar-refractivity contribution in [2.24, 2.45) is 5.92 Å². The first kappa shape index (κ1) is 9.02. The van der Waals surface area contributed by atoms with Crippen LogP contribution in [0.25, 0.3) is 0 Å². The van der Waals surface area contributed by atoms with Crippen molar-refractivity contribution < 1.29 is 0 Å². The molecule has 0 aromatic carbocycles. The van der Waals surface area contributed by atoms with Gasteiger partial charge in [0.25, 0.3) is 0 Å². The minimum absolute atomic E-state index is 0.691. The van der Waals surface area contributed by atoms with E-state index >= 15 is 0 Å². The topological polar surface area (TPSA) is 27.0 Å². The van der Waals surface area contributed by atoms with E-state index in [0.29, 0.717) is 5.92 Å². The molecule has 3 atom stereocenters. The van der Waals surface area contributed by atoms with Crippen LogP contribution in [0.4, 0.5) is 0 Å². The summed E-state index contributed by atoms with van der Waals surface area (Å²) in [7, 11) is 2.26. The largest absolute Gasteiger partial charge is 0.300 e. The first-order valence-corrected chi connectivity index (χ1v) is 5.40. The third-order valence-corrected chi connectivity index (χ3v) is 3.82. The zero-order chi connectivity index (χ0) is 9.26. The molecule has 0 N–H and O–H groups in total. The van der Waals surface area contributed by atoms with Crippen molar-refractivity contribution in [3.05, 3.63) is 0 Å². The Kier molecular flexibility index (Phi) is 2.55. The molecule has 2 bridgehead atoms. The normalized spacial score (nSPS) is 39.8. The van der Waals surface area contributed by atoms with Crippen LogP contribution in [-0.4, -0.2) is 24.0 Å². The van der Waals surface area contributed by atoms with Gasteiger partial charge in [-0.05, 0) is 38.6 Å². The summed E-state index contributed by atoms with van der Waals surface area (Å²) < 4.78 is 0. The molecular weight excluding hydrogens is 160 g/mol. The van der Waals surface area contributed by atoms with Crippen LogP contribution in [0.1, 0.15) is 38.5 Å². The zero-order valence-electron chi connectivity index (χ0n) is 8.37. The van der Waals surface area contributed by atoms with Gasteiger partial charge in [0.2, 0.25) is 0 Å². The highest BCUT2D eigenvalue weighted by atomic mass is 15.2. The summed E-state index contributed by atoms with van der Waals surface area (Å²) in [6.07, 6.45) is 7.42. The van der Waals surface area contributed by atoms with Gasteiger partial charge in [-0.1, -0.05) is 6.42 Å². The van der Waals surface area contributed by atoms with Crippen molar-refractivity contribution in [3.8, 4) is 6.07 Å². The molecule has 2 aliphatic heterocycles. The van der Waals surface area contributed by atoms with Gasteiger partial charge in [0.05, 0.1) is 6.07 Å². The van der Waals surface area contributed by atoms with E-state index in [1.165, 1.54) is 32.1 Å². The lowest BCUT2D eigenvalue weighted by Gasteiger charge is -2.46. The van der Waals surface area contributed by atoms with Crippen LogP contribution >= 0.6 is 0 Å². The van der Waals surface area contributed by atoms with Crippen molar-refractivity contribution in [1.82, 2.24) is 4.90 Å². The first-order chi connectivity index (χ1) is 6.31. The Morgan fingerprint density at radius 2 is 1.92 bits per heavy atom. The smallest absolute Gasteiger partial charge is 0.0624 e. The molecule has 0 amide bonds. The van der Waals surface area contributed by atoms with Crippen LogP contribution in [0.2, 0.25) is 0 Å². The maximum Gasteiger partial charge on any atom is 0.0624 e. The van der Waals surface area contributed by atoms with Gasteiger partial charge in [-0.15, -0.1) is 0 Å². The van der Waals surface area contributed by atoms with Crippen molar-refractivity contribution in [1.29, 1.82) is 5.26 Å². The molecule has 0 aliphatic carbocycles. The number of nitriles is 1. The maximum absolute atomic E-state index is 8.68. The fourth-order valence-corrected chi connectivity index (χ4v) is 3.02. The minimum atomic E-state index is 0.691. The van der Waals surface area contributed by atoms with Crippen LogP contribution in [-0.2, 0) is 0 Å². The third-order valence-electron chi connectivity index (χ3n) is 3.82. The Morgan fingerprint density at radius 3 is 2.46 bits per heavy atom. The number of hydrogen-bond donors (Lipinski definition) is 0. The second-order valence-electron chi connectivity index (χ2n) is 4.60. The number of nitrogens with zero attached hydrogens (tertiary/aromatic N) is 2. The van der Waals surface area contributed by atoms with E-state index in [2.05, 4.69) is 18.0 Å². The summed E-state index contributed by atoms with van der Waals surface area (Å²) in [6.45, 7) is 0. The van der Waals surface area contributed by atoms with Gasteiger partial charge in [0.1, 0.15) is 0 Å². The number of rotatable bonds is 1. The molecule has 2 aliphatic rings. The molecule has 1 unspecified atom stereocenters. The Balaban J connectivity index is 2.00. The molecule has 0 saturated carbocycles. The van der Waals surface area contributed by atoms with Crippen LogP contribution in [0.5, 0.6) is 0 Å². The van der Waals surface area contributed by atoms with E-state index in [0.717, 1.165) is 18.5 Å². The highest BCUT2D eigenvalue weighted by molar-refractivity contribution is 4.93. The summed E-state index contributed by atoms with van der Waals surface area (Å²) in [5, 5.41) is 8.68. The molecule has 2 heteroatoms. The zero-order valence-corrected chi connectivity index (χ0v) is 8.37. The summed E-state index contributed by atoms with van der Waals surface area (Å²) >= 11 is 0. The lowest BCUT2D eigenvalue weighted by atomic mass is 9.78. The summed E-state index contributed by atoms with van der Waals surface area (Å²) in [6, 6.07) is 3.89. The Labute approximate surface area is 80.5 Å². The number of piperidine rings is 2. The molecule has 2 fully saturated rings. The van der Waals surface area contributed by atoms with Crippen molar-refractivity contribution >= 4 is 0 Å². The SMILES string of the molecule is CN1[C@@H]2CCC[C@H]1CC(CC#N)C2. The van der Waals surface area contributed by atoms with Gasteiger partial charge in [0, 0.05) is 18.5 Å². The van der Waals surface area contributed by atoms with Crippen molar-refractivity contribution in [2.45, 2.75) is 50.6 Å². The fraction of sp³-hybridized carbons (Fsp3) is 0.909. The average molecular weight is 178 g/mol. The second kappa shape index (κ2) is 3.67. The molecule has 2 nitrogen and oxygen atoms in total. The van der Waals surface area contributed by atoms with Crippen LogP contribution in [0, 0.1) is 17.2 Å². The molecule has 2 saturated heterocycles. The van der Waals surface area contributed by atoms with Gasteiger partial charge in [-0.3, -0.25) is 0 Å². The van der Waals surface area contributed by atoms with Crippen molar-refractivity contribution in [3.63, 3.8) is 0 Å². The van der Waals surface area contributed by atoms with Gasteiger partial charge in [-0.25, -0.2) is 0 Å². The van der Waals surface area contributed by atoms with E-state index in [-0.39, 0.29) is 0 Å². The summed E-state index contributed by atoms with van der Waals surface area (Å²) in [5.41, 5.74) is 0. The van der Waals surface area contributed by atoms with E-state index in [9.17, 15) is 0 Å². The molecule has 13 heavy (non-hydrogen) atoms. The molecule has 0 aromatic rings. The highest BCUT2D eigenvalue weighted by Gasteiger charge is 2.35. The monoisotopic (exact) mass is 178 g/mol. The quantitative estimate of drug-likeness (QED) is 0.615. The van der Waals surface area contributed by atoms with Crippen LogP contribution in [0.15, 0.2) is 0 Å². The van der Waals surface area contributed by atoms with E-state index in [1.54, 1.807) is 0 Å². The average Bonchev–Trinajstić information content (AvgIpc) is 2.07. The standard InChI is InChI=1S/C11H18N2/c1-13-10-3-2-4-11(13)8-9(7-10)5-6-12/h9-11H,2-5,7-8H2,1H3/t9?,10-,11+. The molecule has 0 spiro atoms. The van der Waals surface area contributed by atoms with Gasteiger partial charge >= 0.3 is 0 Å². The van der Waals surface area contributed by atoms with Crippen molar-refractivity contribution in [2.75, 3.05) is 7.05 Å². The van der Waals surface area contributed by atoms with Gasteiger partial charge in [0.15, 0.2) is 0 Å². The molecule has 72 valence electrons. The van der Waals surface area contributed by atoms with Crippen LogP contribution in [0.3, 0.4) is 0 Å². The van der Waals surface area contributed by atoms with Gasteiger partial charge in [-0.2, -0.15) is 5.26 Å². The van der Waals surface area contributed by atoms with E-state index in [1.807, 2.05) is 0 Å². The first-order valence-electron chi connectivity index (χ1n) is 5.40. The lowest BCUT2D eigenvalue weighted by molar-refractivity contribution is 0.0378. The molecule has 0 radical (unpaired) electrons. The number of fused-ring (bicyclic) bond motifs is 2. The van der Waals surface area contributed by atoms with E-state index in [4.69, 9.17) is 5.26 Å². The van der Waals surface area contributed by atoms with Crippen LogP contribution < -0.4 is 0 Å². The molecule has 0 aromatic heterocycles. The lowest BCUT2D eigenvalue weighted by Crippen LogP contribution is -2.49. The number of hydrogen-bond acceptors (Lipinski definition) is 2. The van der Waals surface area contributed by atoms with E-state index < -0.39 is 0 Å². The highest BCUT2D eigenvalue weighted by Crippen LogP contribution is 2.36. The Morgan fingerprint density at radius 1 is 1.31 bits per heavy atom. The Bertz CT molecular complexity index is 205. The van der Waals surface area contributed by atoms with Gasteiger partial charge < -0.3 is 4.90 Å².